The van der Waals surface area contributed by atoms with Gasteiger partial charge in [0.1, 0.15) is 5.82 Å². The van der Waals surface area contributed by atoms with Gasteiger partial charge in [0.25, 0.3) is 0 Å². The van der Waals surface area contributed by atoms with Crippen LogP contribution in [0.3, 0.4) is 0 Å². The quantitative estimate of drug-likeness (QED) is 0.878. The third-order valence-corrected chi connectivity index (χ3v) is 4.03. The van der Waals surface area contributed by atoms with Crippen molar-refractivity contribution < 1.29 is 4.39 Å². The van der Waals surface area contributed by atoms with Gasteiger partial charge in [-0.25, -0.2) is 4.39 Å². The summed E-state index contributed by atoms with van der Waals surface area (Å²) in [7, 11) is 0. The van der Waals surface area contributed by atoms with E-state index in [1.807, 2.05) is 12.1 Å². The molecular weight excluding hydrogens is 239 g/mol. The monoisotopic (exact) mass is 264 g/mol. The van der Waals surface area contributed by atoms with Crippen molar-refractivity contribution in [1.29, 1.82) is 0 Å². The first-order valence-corrected chi connectivity index (χ1v) is 7.44. The number of benzene rings is 1. The highest BCUT2D eigenvalue weighted by Gasteiger charge is 2.26. The van der Waals surface area contributed by atoms with Gasteiger partial charge in [0.15, 0.2) is 0 Å². The average molecular weight is 264 g/mol. The van der Waals surface area contributed by atoms with Crippen LogP contribution in [0.1, 0.15) is 38.7 Å². The van der Waals surface area contributed by atoms with Crippen molar-refractivity contribution in [1.82, 2.24) is 10.2 Å². The van der Waals surface area contributed by atoms with E-state index in [1.54, 1.807) is 12.1 Å². The van der Waals surface area contributed by atoms with E-state index in [1.165, 1.54) is 24.8 Å². The number of hydrogen-bond acceptors (Lipinski definition) is 2. The zero-order valence-corrected chi connectivity index (χ0v) is 12.0. The highest BCUT2D eigenvalue weighted by Crippen LogP contribution is 2.17. The summed E-state index contributed by atoms with van der Waals surface area (Å²) in [6.07, 6.45) is 3.60. The van der Waals surface area contributed by atoms with E-state index in [9.17, 15) is 4.39 Å². The molecule has 2 rings (SSSR count). The van der Waals surface area contributed by atoms with Gasteiger partial charge in [-0.05, 0) is 30.5 Å². The van der Waals surface area contributed by atoms with E-state index >= 15 is 0 Å². The molecule has 1 aromatic carbocycles. The molecule has 0 radical (unpaired) electrons. The summed E-state index contributed by atoms with van der Waals surface area (Å²) in [5.41, 5.74) is 1.21. The van der Waals surface area contributed by atoms with E-state index in [0.717, 1.165) is 19.6 Å². The van der Waals surface area contributed by atoms with Gasteiger partial charge in [-0.3, -0.25) is 4.90 Å². The maximum Gasteiger partial charge on any atom is 0.123 e. The van der Waals surface area contributed by atoms with Crippen LogP contribution in [-0.4, -0.2) is 30.1 Å². The molecule has 2 atom stereocenters. The summed E-state index contributed by atoms with van der Waals surface area (Å²) in [5.74, 6) is -0.152. The van der Waals surface area contributed by atoms with Crippen LogP contribution in [-0.2, 0) is 6.54 Å². The van der Waals surface area contributed by atoms with Crippen LogP contribution in [0.25, 0.3) is 0 Å². The molecule has 1 saturated heterocycles. The molecule has 1 aliphatic heterocycles. The van der Waals surface area contributed by atoms with Crippen LogP contribution in [0.4, 0.5) is 4.39 Å². The first kappa shape index (κ1) is 14.5. The molecule has 2 unspecified atom stereocenters. The number of hydrogen-bond donors (Lipinski definition) is 1. The van der Waals surface area contributed by atoms with Gasteiger partial charge in [0.05, 0.1) is 0 Å². The fraction of sp³-hybridized carbons (Fsp3) is 0.625. The Morgan fingerprint density at radius 2 is 2.00 bits per heavy atom. The molecule has 0 amide bonds. The van der Waals surface area contributed by atoms with Crippen LogP contribution in [0, 0.1) is 5.82 Å². The van der Waals surface area contributed by atoms with Gasteiger partial charge in [0, 0.05) is 31.7 Å². The normalized spacial score (nSPS) is 24.6. The van der Waals surface area contributed by atoms with E-state index < -0.39 is 0 Å². The Kier molecular flexibility index (Phi) is 5.34. The van der Waals surface area contributed by atoms with Crippen LogP contribution in [0.2, 0.25) is 0 Å². The van der Waals surface area contributed by atoms with Gasteiger partial charge < -0.3 is 5.32 Å². The van der Waals surface area contributed by atoms with Crippen molar-refractivity contribution in [3.05, 3.63) is 35.6 Å². The lowest BCUT2D eigenvalue weighted by atomic mass is 10.0. The largest absolute Gasteiger partial charge is 0.311 e. The molecule has 1 fully saturated rings. The highest BCUT2D eigenvalue weighted by atomic mass is 19.1. The van der Waals surface area contributed by atoms with Crippen molar-refractivity contribution in [2.75, 3.05) is 13.1 Å². The maximum atomic E-state index is 13.0. The Morgan fingerprint density at radius 1 is 1.26 bits per heavy atom. The summed E-state index contributed by atoms with van der Waals surface area (Å²) in [6.45, 7) is 7.57. The number of piperazine rings is 1. The Balaban J connectivity index is 2.02. The van der Waals surface area contributed by atoms with E-state index in [2.05, 4.69) is 24.1 Å². The molecule has 1 aliphatic rings. The lowest BCUT2D eigenvalue weighted by molar-refractivity contribution is 0.113. The molecule has 2 nitrogen and oxygen atoms in total. The van der Waals surface area contributed by atoms with Crippen molar-refractivity contribution >= 4 is 0 Å². The van der Waals surface area contributed by atoms with Gasteiger partial charge >= 0.3 is 0 Å². The van der Waals surface area contributed by atoms with Crippen LogP contribution >= 0.6 is 0 Å². The SMILES string of the molecule is CCCC1CNC(CC)CN1Cc1ccc(F)cc1. The smallest absolute Gasteiger partial charge is 0.123 e. The topological polar surface area (TPSA) is 15.3 Å². The molecule has 0 bridgehead atoms. The number of nitrogens with one attached hydrogen (secondary N) is 1. The summed E-state index contributed by atoms with van der Waals surface area (Å²) in [5, 5.41) is 3.63. The molecule has 1 aromatic rings. The number of rotatable bonds is 5. The van der Waals surface area contributed by atoms with Crippen molar-refractivity contribution in [3.8, 4) is 0 Å². The van der Waals surface area contributed by atoms with E-state index in [4.69, 9.17) is 0 Å². The van der Waals surface area contributed by atoms with Crippen molar-refractivity contribution in [2.24, 2.45) is 0 Å². The average Bonchev–Trinajstić information content (AvgIpc) is 2.43. The van der Waals surface area contributed by atoms with Crippen LogP contribution in [0.15, 0.2) is 24.3 Å². The Morgan fingerprint density at radius 3 is 2.63 bits per heavy atom. The second-order valence-electron chi connectivity index (χ2n) is 5.51. The lowest BCUT2D eigenvalue weighted by Gasteiger charge is -2.40. The minimum atomic E-state index is -0.152. The van der Waals surface area contributed by atoms with E-state index in [0.29, 0.717) is 12.1 Å². The first-order chi connectivity index (χ1) is 9.22. The summed E-state index contributed by atoms with van der Waals surface area (Å²) >= 11 is 0. The zero-order chi connectivity index (χ0) is 13.7. The predicted molar refractivity (Wildman–Crippen MR) is 77.6 cm³/mol. The predicted octanol–water partition coefficient (Wildman–Crippen LogP) is 3.18. The minimum Gasteiger partial charge on any atom is -0.311 e. The third kappa shape index (κ3) is 4.02. The van der Waals surface area contributed by atoms with Gasteiger partial charge in [-0.1, -0.05) is 32.4 Å². The molecule has 0 aliphatic carbocycles. The Bertz CT molecular complexity index is 377. The minimum absolute atomic E-state index is 0.152. The van der Waals surface area contributed by atoms with Gasteiger partial charge in [0.2, 0.25) is 0 Å². The molecule has 0 aromatic heterocycles. The second kappa shape index (κ2) is 7.01. The van der Waals surface area contributed by atoms with Gasteiger partial charge in [-0.2, -0.15) is 0 Å². The number of halogens is 1. The van der Waals surface area contributed by atoms with Crippen LogP contribution < -0.4 is 5.32 Å². The third-order valence-electron chi connectivity index (χ3n) is 4.03. The molecule has 3 heteroatoms. The molecule has 1 heterocycles. The first-order valence-electron chi connectivity index (χ1n) is 7.44. The van der Waals surface area contributed by atoms with E-state index in [-0.39, 0.29) is 5.82 Å². The van der Waals surface area contributed by atoms with Crippen molar-refractivity contribution in [3.63, 3.8) is 0 Å². The molecule has 0 saturated carbocycles. The number of nitrogens with zero attached hydrogens (tertiary/aromatic N) is 1. The zero-order valence-electron chi connectivity index (χ0n) is 12.0. The maximum absolute atomic E-state index is 13.0. The van der Waals surface area contributed by atoms with Crippen molar-refractivity contribution in [2.45, 2.75) is 51.7 Å². The fourth-order valence-corrected chi connectivity index (χ4v) is 2.84. The second-order valence-corrected chi connectivity index (χ2v) is 5.51. The van der Waals surface area contributed by atoms with Gasteiger partial charge in [-0.15, -0.1) is 0 Å². The molecule has 0 spiro atoms. The summed E-state index contributed by atoms with van der Waals surface area (Å²) in [4.78, 5) is 2.56. The van der Waals surface area contributed by atoms with Crippen LogP contribution in [0.5, 0.6) is 0 Å². The summed E-state index contributed by atoms with van der Waals surface area (Å²) < 4.78 is 13.0. The lowest BCUT2D eigenvalue weighted by Crippen LogP contribution is -2.55. The molecular formula is C16H25FN2. The fourth-order valence-electron chi connectivity index (χ4n) is 2.84. The molecule has 106 valence electrons. The highest BCUT2D eigenvalue weighted by molar-refractivity contribution is 5.16. The Labute approximate surface area is 116 Å². The Hall–Kier alpha value is -0.930. The standard InChI is InChI=1S/C16H25FN2/c1-3-5-16-10-18-15(4-2)12-19(16)11-13-6-8-14(17)9-7-13/h6-9,15-16,18H,3-5,10-12H2,1-2H3. The summed E-state index contributed by atoms with van der Waals surface area (Å²) in [6, 6.07) is 8.13. The molecule has 1 N–H and O–H groups in total. The molecule has 19 heavy (non-hydrogen) atoms.